The normalized spacial score (nSPS) is 21.1. The van der Waals surface area contributed by atoms with E-state index in [0.29, 0.717) is 5.56 Å². The molecule has 0 aromatic heterocycles. The van der Waals surface area contributed by atoms with E-state index in [4.69, 9.17) is 5.53 Å². The van der Waals surface area contributed by atoms with Gasteiger partial charge < -0.3 is 5.32 Å². The van der Waals surface area contributed by atoms with Crippen molar-refractivity contribution in [3.05, 3.63) is 50.4 Å². The zero-order valence-electron chi connectivity index (χ0n) is 11.3. The highest BCUT2D eigenvalue weighted by atomic mass is 16.6. The van der Waals surface area contributed by atoms with Gasteiger partial charge in [-0.15, -0.1) is 0 Å². The van der Waals surface area contributed by atoms with Gasteiger partial charge in [0.25, 0.3) is 11.6 Å². The maximum Gasteiger partial charge on any atom is 0.269 e. The molecule has 1 amide bonds. The van der Waals surface area contributed by atoms with Crippen LogP contribution in [0.15, 0.2) is 29.4 Å². The summed E-state index contributed by atoms with van der Waals surface area (Å²) in [6.45, 7) is 0. The second kappa shape index (κ2) is 6.71. The first-order chi connectivity index (χ1) is 10.1. The summed E-state index contributed by atoms with van der Waals surface area (Å²) in [7, 11) is 0. The third-order valence-electron chi connectivity index (χ3n) is 3.59. The average Bonchev–Trinajstić information content (AvgIpc) is 2.49. The summed E-state index contributed by atoms with van der Waals surface area (Å²) < 4.78 is 0. The topological polar surface area (TPSA) is 121 Å². The zero-order valence-corrected chi connectivity index (χ0v) is 11.3. The van der Waals surface area contributed by atoms with Gasteiger partial charge in [-0.3, -0.25) is 14.9 Å². The van der Waals surface area contributed by atoms with E-state index in [1.165, 1.54) is 24.3 Å². The number of nitrogens with zero attached hydrogens (tertiary/aromatic N) is 4. The van der Waals surface area contributed by atoms with Crippen LogP contribution in [0.2, 0.25) is 0 Å². The lowest BCUT2D eigenvalue weighted by Crippen LogP contribution is -2.44. The predicted octanol–water partition coefficient (Wildman–Crippen LogP) is 2.95. The summed E-state index contributed by atoms with van der Waals surface area (Å²) in [6.07, 6.45) is 3.48. The highest BCUT2D eigenvalue weighted by Crippen LogP contribution is 2.22. The van der Waals surface area contributed by atoms with Crippen LogP contribution in [0.25, 0.3) is 10.4 Å². The maximum absolute atomic E-state index is 12.1. The van der Waals surface area contributed by atoms with Crippen LogP contribution >= 0.6 is 0 Å². The fourth-order valence-corrected chi connectivity index (χ4v) is 2.47. The Labute approximate surface area is 120 Å². The predicted molar refractivity (Wildman–Crippen MR) is 75.8 cm³/mol. The third-order valence-corrected chi connectivity index (χ3v) is 3.59. The summed E-state index contributed by atoms with van der Waals surface area (Å²) in [6, 6.07) is 5.00. The van der Waals surface area contributed by atoms with Crippen molar-refractivity contribution in [3.63, 3.8) is 0 Å². The first-order valence-electron chi connectivity index (χ1n) is 6.71. The van der Waals surface area contributed by atoms with Gasteiger partial charge in [0.2, 0.25) is 0 Å². The smallest absolute Gasteiger partial charge is 0.269 e. The maximum atomic E-state index is 12.1. The van der Waals surface area contributed by atoms with Crippen LogP contribution in [0.4, 0.5) is 5.69 Å². The van der Waals surface area contributed by atoms with Crippen molar-refractivity contribution in [1.29, 1.82) is 0 Å². The minimum atomic E-state index is -0.513. The van der Waals surface area contributed by atoms with E-state index >= 15 is 0 Å². The molecule has 1 aromatic carbocycles. The fraction of sp³-hybridized carbons (Fsp3) is 0.462. The monoisotopic (exact) mass is 289 g/mol. The van der Waals surface area contributed by atoms with Crippen molar-refractivity contribution in [2.24, 2.45) is 5.11 Å². The van der Waals surface area contributed by atoms with E-state index in [0.717, 1.165) is 25.7 Å². The number of hydrogen-bond acceptors (Lipinski definition) is 4. The van der Waals surface area contributed by atoms with Crippen molar-refractivity contribution < 1.29 is 9.72 Å². The molecular weight excluding hydrogens is 274 g/mol. The number of azide groups is 1. The second-order valence-electron chi connectivity index (χ2n) is 4.94. The second-order valence-corrected chi connectivity index (χ2v) is 4.94. The van der Waals surface area contributed by atoms with Crippen LogP contribution in [-0.4, -0.2) is 22.9 Å². The lowest BCUT2D eigenvalue weighted by atomic mass is 9.90. The molecule has 1 N–H and O–H groups in total. The summed E-state index contributed by atoms with van der Waals surface area (Å²) in [5, 5.41) is 17.1. The summed E-state index contributed by atoms with van der Waals surface area (Å²) in [5.41, 5.74) is 8.85. The molecule has 110 valence electrons. The van der Waals surface area contributed by atoms with Crippen LogP contribution in [-0.2, 0) is 0 Å². The largest absolute Gasteiger partial charge is 0.349 e. The zero-order chi connectivity index (χ0) is 15.2. The quantitative estimate of drug-likeness (QED) is 0.301. The average molecular weight is 289 g/mol. The minimum absolute atomic E-state index is 0.0591. The number of nitrogens with one attached hydrogen (secondary N) is 1. The number of amides is 1. The van der Waals surface area contributed by atoms with Gasteiger partial charge in [-0.1, -0.05) is 18.0 Å². The molecule has 0 heterocycles. The molecule has 2 atom stereocenters. The number of carbonyl (C=O) groups excluding carboxylic acids is 1. The molecule has 1 saturated carbocycles. The molecule has 0 radical (unpaired) electrons. The molecule has 1 fully saturated rings. The van der Waals surface area contributed by atoms with E-state index in [2.05, 4.69) is 15.3 Å². The van der Waals surface area contributed by atoms with E-state index in [9.17, 15) is 14.9 Å². The molecule has 2 rings (SSSR count). The first kappa shape index (κ1) is 14.8. The molecule has 8 heteroatoms. The van der Waals surface area contributed by atoms with E-state index in [1.807, 2.05) is 0 Å². The summed E-state index contributed by atoms with van der Waals surface area (Å²) >= 11 is 0. The Hall–Kier alpha value is -2.60. The summed E-state index contributed by atoms with van der Waals surface area (Å²) in [4.78, 5) is 25.0. The van der Waals surface area contributed by atoms with Crippen LogP contribution in [0.5, 0.6) is 0 Å². The number of nitro groups is 1. The molecule has 0 spiro atoms. The van der Waals surface area contributed by atoms with E-state index < -0.39 is 4.92 Å². The van der Waals surface area contributed by atoms with Gasteiger partial charge in [0.1, 0.15) is 0 Å². The van der Waals surface area contributed by atoms with Gasteiger partial charge in [-0.25, -0.2) is 0 Å². The van der Waals surface area contributed by atoms with E-state index in [1.54, 1.807) is 0 Å². The van der Waals surface area contributed by atoms with Crippen molar-refractivity contribution >= 4 is 11.6 Å². The van der Waals surface area contributed by atoms with Crippen molar-refractivity contribution in [2.75, 3.05) is 0 Å². The molecule has 0 bridgehead atoms. The highest BCUT2D eigenvalue weighted by Gasteiger charge is 2.26. The van der Waals surface area contributed by atoms with E-state index in [-0.39, 0.29) is 23.7 Å². The molecule has 1 aromatic rings. The van der Waals surface area contributed by atoms with Crippen LogP contribution in [0.3, 0.4) is 0 Å². The van der Waals surface area contributed by atoms with Gasteiger partial charge >= 0.3 is 0 Å². The molecule has 0 aliphatic heterocycles. The Bertz CT molecular complexity index is 580. The van der Waals surface area contributed by atoms with Gasteiger partial charge in [-0.2, -0.15) is 0 Å². The Balaban J connectivity index is 2.05. The van der Waals surface area contributed by atoms with Gasteiger partial charge in [0.15, 0.2) is 0 Å². The molecule has 8 nitrogen and oxygen atoms in total. The number of non-ortho nitro benzene ring substituents is 1. The number of nitro benzene ring substituents is 1. The third kappa shape index (κ3) is 3.70. The SMILES string of the molecule is [N-]=[N+]=N[C@H]1CCCC[C@@H]1NC(=O)c1ccc([N+](=O)[O-])cc1. The van der Waals surface area contributed by atoms with Crippen molar-refractivity contribution in [2.45, 2.75) is 37.8 Å². The molecular formula is C13H15N5O3. The minimum Gasteiger partial charge on any atom is -0.349 e. The highest BCUT2D eigenvalue weighted by molar-refractivity contribution is 5.94. The van der Waals surface area contributed by atoms with Crippen molar-refractivity contribution in [1.82, 2.24) is 5.32 Å². The first-order valence-corrected chi connectivity index (χ1v) is 6.71. The van der Waals surface area contributed by atoms with Crippen LogP contribution in [0.1, 0.15) is 36.0 Å². The lowest BCUT2D eigenvalue weighted by molar-refractivity contribution is -0.384. The lowest BCUT2D eigenvalue weighted by Gasteiger charge is -2.28. The molecule has 0 saturated heterocycles. The van der Waals surface area contributed by atoms with Gasteiger partial charge in [0, 0.05) is 28.6 Å². The van der Waals surface area contributed by atoms with Crippen LogP contribution in [0, 0.1) is 10.1 Å². The Morgan fingerprint density at radius 1 is 1.33 bits per heavy atom. The number of hydrogen-bond donors (Lipinski definition) is 1. The standard InChI is InChI=1S/C13H15N5O3/c14-17-16-12-4-2-1-3-11(12)15-13(19)9-5-7-10(8-6-9)18(20)21/h5-8,11-12H,1-4H2,(H,15,19)/t11-,12-/m0/s1. The van der Waals surface area contributed by atoms with Crippen LogP contribution < -0.4 is 5.32 Å². The molecule has 1 aliphatic rings. The summed E-state index contributed by atoms with van der Waals surface area (Å²) in [5.74, 6) is -0.310. The number of carbonyl (C=O) groups is 1. The van der Waals surface area contributed by atoms with Gasteiger partial charge in [0.05, 0.1) is 11.0 Å². The Morgan fingerprint density at radius 3 is 2.62 bits per heavy atom. The molecule has 1 aliphatic carbocycles. The Kier molecular flexibility index (Phi) is 4.73. The number of benzene rings is 1. The molecule has 0 unspecified atom stereocenters. The number of rotatable bonds is 4. The fourth-order valence-electron chi connectivity index (χ4n) is 2.47. The Morgan fingerprint density at radius 2 is 2.00 bits per heavy atom. The molecule has 21 heavy (non-hydrogen) atoms. The van der Waals surface area contributed by atoms with Gasteiger partial charge in [-0.05, 0) is 30.5 Å². The van der Waals surface area contributed by atoms with Crippen molar-refractivity contribution in [3.8, 4) is 0 Å².